The maximum Gasteiger partial charge on any atom is 0.237 e. The van der Waals surface area contributed by atoms with E-state index in [0.29, 0.717) is 23.9 Å². The maximum absolute atomic E-state index is 12.8. The second kappa shape index (κ2) is 5.27. The molecule has 0 N–H and O–H groups in total. The van der Waals surface area contributed by atoms with Gasteiger partial charge in [0.1, 0.15) is 12.4 Å². The van der Waals surface area contributed by atoms with Gasteiger partial charge >= 0.3 is 0 Å². The summed E-state index contributed by atoms with van der Waals surface area (Å²) in [6, 6.07) is 5.64. The Hall–Kier alpha value is -2.42. The van der Waals surface area contributed by atoms with Gasteiger partial charge in [0, 0.05) is 6.42 Å². The smallest absolute Gasteiger partial charge is 0.237 e. The van der Waals surface area contributed by atoms with Crippen molar-refractivity contribution in [2.45, 2.75) is 19.9 Å². The lowest BCUT2D eigenvalue weighted by molar-refractivity contribution is 0.454. The van der Waals surface area contributed by atoms with E-state index in [4.69, 9.17) is 9.68 Å². The highest BCUT2D eigenvalue weighted by Gasteiger charge is 2.11. The molecule has 18 heavy (non-hydrogen) atoms. The summed E-state index contributed by atoms with van der Waals surface area (Å²) < 4.78 is 18.1. The fourth-order valence-corrected chi connectivity index (χ4v) is 1.44. The molecule has 2 rings (SSSR count). The van der Waals surface area contributed by atoms with E-state index in [1.807, 2.05) is 13.1 Å². The van der Waals surface area contributed by atoms with E-state index in [-0.39, 0.29) is 12.4 Å². The van der Waals surface area contributed by atoms with Crippen molar-refractivity contribution in [3.05, 3.63) is 41.9 Å². The zero-order chi connectivity index (χ0) is 13.0. The summed E-state index contributed by atoms with van der Waals surface area (Å²) in [5.41, 5.74) is 0.579. The fraction of sp³-hybridized carbons (Fsp3) is 0.250. The number of aromatic nitrogens is 2. The molecular weight excluding hydrogens is 235 g/mol. The van der Waals surface area contributed by atoms with Crippen LogP contribution in [-0.4, -0.2) is 10.2 Å². The largest absolute Gasteiger partial charge is 0.423 e. The van der Waals surface area contributed by atoms with Gasteiger partial charge in [0.15, 0.2) is 6.19 Å². The lowest BCUT2D eigenvalue weighted by atomic mass is 10.3. The zero-order valence-corrected chi connectivity index (χ0v) is 9.80. The van der Waals surface area contributed by atoms with Crippen molar-refractivity contribution in [2.75, 3.05) is 4.90 Å². The Morgan fingerprint density at radius 3 is 2.50 bits per heavy atom. The van der Waals surface area contributed by atoms with Crippen LogP contribution in [0.15, 0.2) is 28.7 Å². The second-order valence-corrected chi connectivity index (χ2v) is 3.61. The molecule has 0 bridgehead atoms. The van der Waals surface area contributed by atoms with E-state index in [1.54, 1.807) is 0 Å². The summed E-state index contributed by atoms with van der Waals surface area (Å²) >= 11 is 0. The zero-order valence-electron chi connectivity index (χ0n) is 9.80. The number of nitrogens with zero attached hydrogens (tertiary/aromatic N) is 4. The van der Waals surface area contributed by atoms with Gasteiger partial charge in [0.25, 0.3) is 0 Å². The van der Waals surface area contributed by atoms with Crippen molar-refractivity contribution in [3.8, 4) is 6.19 Å². The minimum absolute atomic E-state index is 0.176. The average Bonchev–Trinajstić information content (AvgIpc) is 2.85. The molecule has 2 aromatic rings. The molecule has 0 saturated carbocycles. The lowest BCUT2D eigenvalue weighted by Crippen LogP contribution is -2.15. The minimum Gasteiger partial charge on any atom is -0.423 e. The highest BCUT2D eigenvalue weighted by molar-refractivity contribution is 5.49. The molecule has 1 aromatic carbocycles. The van der Waals surface area contributed by atoms with Crippen LogP contribution in [0, 0.1) is 17.3 Å². The van der Waals surface area contributed by atoms with E-state index >= 15 is 0 Å². The van der Waals surface area contributed by atoms with Crippen LogP contribution in [0.25, 0.3) is 0 Å². The second-order valence-electron chi connectivity index (χ2n) is 3.61. The van der Waals surface area contributed by atoms with Gasteiger partial charge in [0.05, 0.1) is 5.69 Å². The van der Waals surface area contributed by atoms with E-state index in [0.717, 1.165) is 0 Å². The first-order valence-corrected chi connectivity index (χ1v) is 5.47. The topological polar surface area (TPSA) is 66.0 Å². The standard InChI is InChI=1S/C12H11FN4O/c1-2-11-15-16-12(18-11)7-17(8-14)10-5-3-9(13)4-6-10/h3-6H,2,7H2,1H3. The minimum atomic E-state index is -0.345. The predicted octanol–water partition coefficient (Wildman–Crippen LogP) is 2.26. The highest BCUT2D eigenvalue weighted by Crippen LogP contribution is 2.16. The van der Waals surface area contributed by atoms with Crippen LogP contribution in [-0.2, 0) is 13.0 Å². The predicted molar refractivity (Wildman–Crippen MR) is 61.9 cm³/mol. The summed E-state index contributed by atoms with van der Waals surface area (Å²) in [5.74, 6) is 0.544. The summed E-state index contributed by atoms with van der Waals surface area (Å²) in [6.45, 7) is 2.08. The number of hydrogen-bond acceptors (Lipinski definition) is 5. The molecule has 92 valence electrons. The number of aryl methyl sites for hydroxylation is 1. The molecule has 1 aromatic heterocycles. The van der Waals surface area contributed by atoms with Crippen molar-refractivity contribution < 1.29 is 8.81 Å². The molecule has 0 aliphatic heterocycles. The molecule has 0 atom stereocenters. The van der Waals surface area contributed by atoms with Gasteiger partial charge in [-0.25, -0.2) is 4.39 Å². The van der Waals surface area contributed by atoms with Crippen molar-refractivity contribution >= 4 is 5.69 Å². The first-order chi connectivity index (χ1) is 8.72. The number of nitriles is 1. The third-order valence-corrected chi connectivity index (χ3v) is 2.36. The Morgan fingerprint density at radius 2 is 1.94 bits per heavy atom. The van der Waals surface area contributed by atoms with Crippen LogP contribution in [0.2, 0.25) is 0 Å². The molecule has 0 saturated heterocycles. The summed E-state index contributed by atoms with van der Waals surface area (Å²) in [7, 11) is 0. The lowest BCUT2D eigenvalue weighted by Gasteiger charge is -2.12. The van der Waals surface area contributed by atoms with Gasteiger partial charge in [-0.1, -0.05) is 6.92 Å². The normalized spacial score (nSPS) is 10.1. The van der Waals surface area contributed by atoms with Gasteiger partial charge in [-0.05, 0) is 24.3 Å². The molecule has 0 unspecified atom stereocenters. The summed E-state index contributed by atoms with van der Waals surface area (Å²) in [6.07, 6.45) is 2.65. The van der Waals surface area contributed by atoms with Crippen molar-refractivity contribution in [3.63, 3.8) is 0 Å². The number of benzene rings is 1. The number of anilines is 1. The Bertz CT molecular complexity index is 558. The van der Waals surface area contributed by atoms with Crippen LogP contribution >= 0.6 is 0 Å². The van der Waals surface area contributed by atoms with E-state index in [1.165, 1.54) is 29.2 Å². The number of halogens is 1. The maximum atomic E-state index is 12.8. The first kappa shape index (κ1) is 12.0. The molecule has 0 spiro atoms. The Labute approximate surface area is 103 Å². The number of rotatable bonds is 4. The van der Waals surface area contributed by atoms with Gasteiger partial charge in [-0.15, -0.1) is 10.2 Å². The quantitative estimate of drug-likeness (QED) is 0.611. The highest BCUT2D eigenvalue weighted by atomic mass is 19.1. The molecule has 1 heterocycles. The van der Waals surface area contributed by atoms with Crippen molar-refractivity contribution in [1.29, 1.82) is 5.26 Å². The van der Waals surface area contributed by atoms with Crippen LogP contribution in [0.1, 0.15) is 18.7 Å². The molecule has 6 heteroatoms. The van der Waals surface area contributed by atoms with E-state index in [2.05, 4.69) is 10.2 Å². The van der Waals surface area contributed by atoms with Crippen LogP contribution < -0.4 is 4.90 Å². The Kier molecular flexibility index (Phi) is 3.53. The van der Waals surface area contributed by atoms with Crippen molar-refractivity contribution in [2.24, 2.45) is 0 Å². The van der Waals surface area contributed by atoms with Crippen molar-refractivity contribution in [1.82, 2.24) is 10.2 Å². The Morgan fingerprint density at radius 1 is 1.28 bits per heavy atom. The van der Waals surface area contributed by atoms with E-state index < -0.39 is 0 Å². The SMILES string of the molecule is CCc1nnc(CN(C#N)c2ccc(F)cc2)o1. The molecular formula is C12H11FN4O. The first-order valence-electron chi connectivity index (χ1n) is 5.47. The van der Waals surface area contributed by atoms with E-state index in [9.17, 15) is 4.39 Å². The molecule has 0 aliphatic carbocycles. The third kappa shape index (κ3) is 2.63. The molecule has 0 radical (unpaired) electrons. The molecule has 0 fully saturated rings. The van der Waals surface area contributed by atoms with Crippen LogP contribution in [0.3, 0.4) is 0 Å². The van der Waals surface area contributed by atoms with Gasteiger partial charge in [-0.2, -0.15) is 5.26 Å². The summed E-state index contributed by atoms with van der Waals surface area (Å²) in [5, 5.41) is 16.7. The molecule has 0 aliphatic rings. The number of hydrogen-bond donors (Lipinski definition) is 0. The Balaban J connectivity index is 2.14. The van der Waals surface area contributed by atoms with Crippen LogP contribution in [0.4, 0.5) is 10.1 Å². The van der Waals surface area contributed by atoms with Gasteiger partial charge < -0.3 is 4.42 Å². The fourth-order valence-electron chi connectivity index (χ4n) is 1.44. The monoisotopic (exact) mass is 246 g/mol. The molecule has 5 nitrogen and oxygen atoms in total. The third-order valence-electron chi connectivity index (χ3n) is 2.36. The molecule has 0 amide bonds. The summed E-state index contributed by atoms with van der Waals surface area (Å²) in [4.78, 5) is 1.35. The average molecular weight is 246 g/mol. The van der Waals surface area contributed by atoms with Gasteiger partial charge in [-0.3, -0.25) is 4.90 Å². The van der Waals surface area contributed by atoms with Crippen LogP contribution in [0.5, 0.6) is 0 Å². The van der Waals surface area contributed by atoms with Gasteiger partial charge in [0.2, 0.25) is 11.8 Å².